The van der Waals surface area contributed by atoms with Crippen molar-refractivity contribution in [3.63, 3.8) is 0 Å². The average molecular weight is 345 g/mol. The van der Waals surface area contributed by atoms with Gasteiger partial charge in [-0.25, -0.2) is 4.79 Å². The van der Waals surface area contributed by atoms with Crippen LogP contribution in [0.3, 0.4) is 0 Å². The Kier molecular flexibility index (Phi) is 6.32. The highest BCUT2D eigenvalue weighted by Crippen LogP contribution is 2.38. The first-order valence-electron chi connectivity index (χ1n) is 8.61. The Morgan fingerprint density at radius 2 is 1.70 bits per heavy atom. The SMILES string of the molecule is C[C@H]1CNC[C@@H](NC(=O)OC(C)(C)C)[C@H]1O[Si](C)(C)C(C)(C)C. The fraction of sp³-hybridized carbons (Fsp3) is 0.941. The maximum absolute atomic E-state index is 12.1. The molecule has 23 heavy (non-hydrogen) atoms. The Balaban J connectivity index is 2.82. The summed E-state index contributed by atoms with van der Waals surface area (Å²) < 4.78 is 12.0. The average Bonchev–Trinajstić information content (AvgIpc) is 2.29. The molecule has 3 atom stereocenters. The molecule has 1 rings (SSSR count). The summed E-state index contributed by atoms with van der Waals surface area (Å²) in [4.78, 5) is 12.1. The van der Waals surface area contributed by atoms with Gasteiger partial charge in [-0.1, -0.05) is 27.7 Å². The third-order valence-corrected chi connectivity index (χ3v) is 9.20. The van der Waals surface area contributed by atoms with Gasteiger partial charge in [0, 0.05) is 13.1 Å². The summed E-state index contributed by atoms with van der Waals surface area (Å²) in [6.07, 6.45) is -0.355. The molecule has 5 nitrogen and oxygen atoms in total. The van der Waals surface area contributed by atoms with Gasteiger partial charge >= 0.3 is 6.09 Å². The molecule has 1 fully saturated rings. The first kappa shape index (κ1) is 20.5. The van der Waals surface area contributed by atoms with Gasteiger partial charge in [0.15, 0.2) is 8.32 Å². The smallest absolute Gasteiger partial charge is 0.408 e. The van der Waals surface area contributed by atoms with Gasteiger partial charge in [-0.3, -0.25) is 0 Å². The normalized spacial score (nSPS) is 26.7. The molecule has 1 aliphatic heterocycles. The van der Waals surface area contributed by atoms with Crippen LogP contribution in [0.25, 0.3) is 0 Å². The fourth-order valence-electron chi connectivity index (χ4n) is 2.40. The molecular weight excluding hydrogens is 308 g/mol. The quantitative estimate of drug-likeness (QED) is 0.769. The summed E-state index contributed by atoms with van der Waals surface area (Å²) in [5.74, 6) is 0.345. The molecule has 136 valence electrons. The van der Waals surface area contributed by atoms with Gasteiger partial charge in [-0.2, -0.15) is 0 Å². The second kappa shape index (κ2) is 7.11. The zero-order valence-corrected chi connectivity index (χ0v) is 17.4. The monoisotopic (exact) mass is 344 g/mol. The number of amides is 1. The van der Waals surface area contributed by atoms with Crippen molar-refractivity contribution in [3.05, 3.63) is 0 Å². The lowest BCUT2D eigenvalue weighted by atomic mass is 9.94. The fourth-order valence-corrected chi connectivity index (χ4v) is 3.83. The largest absolute Gasteiger partial charge is 0.444 e. The Hall–Kier alpha value is -0.593. The van der Waals surface area contributed by atoms with Crippen molar-refractivity contribution < 1.29 is 14.0 Å². The number of carbonyl (C=O) groups is 1. The molecule has 0 aromatic rings. The lowest BCUT2D eigenvalue weighted by Gasteiger charge is -2.45. The molecule has 6 heteroatoms. The van der Waals surface area contributed by atoms with Gasteiger partial charge < -0.3 is 19.8 Å². The van der Waals surface area contributed by atoms with E-state index in [0.717, 1.165) is 6.54 Å². The van der Waals surface area contributed by atoms with E-state index in [2.05, 4.69) is 51.4 Å². The lowest BCUT2D eigenvalue weighted by molar-refractivity contribution is 0.0304. The van der Waals surface area contributed by atoms with Crippen molar-refractivity contribution in [2.45, 2.75) is 84.3 Å². The van der Waals surface area contributed by atoms with Gasteiger partial charge in [-0.05, 0) is 44.8 Å². The zero-order valence-electron chi connectivity index (χ0n) is 16.4. The topological polar surface area (TPSA) is 59.6 Å². The maximum Gasteiger partial charge on any atom is 0.408 e. The van der Waals surface area contributed by atoms with Crippen LogP contribution in [-0.4, -0.2) is 45.2 Å². The standard InChI is InChI=1S/C17H36N2O3Si/c1-12-10-18-11-13(19-15(20)21-16(2,3)4)14(12)22-23(8,9)17(5,6)7/h12-14,18H,10-11H2,1-9H3,(H,19,20)/t12-,13+,14-/m0/s1. The summed E-state index contributed by atoms with van der Waals surface area (Å²) in [7, 11) is -1.89. The Morgan fingerprint density at radius 3 is 2.17 bits per heavy atom. The van der Waals surface area contributed by atoms with Crippen LogP contribution in [-0.2, 0) is 9.16 Å². The Bertz CT molecular complexity index is 413. The number of carbonyl (C=O) groups excluding carboxylic acids is 1. The van der Waals surface area contributed by atoms with Gasteiger partial charge in [0.25, 0.3) is 0 Å². The van der Waals surface area contributed by atoms with Gasteiger partial charge in [0.1, 0.15) is 5.60 Å². The first-order valence-corrected chi connectivity index (χ1v) is 11.5. The molecule has 0 bridgehead atoms. The number of piperidine rings is 1. The molecule has 0 aliphatic carbocycles. The second-order valence-corrected chi connectivity index (χ2v) is 14.0. The highest BCUT2D eigenvalue weighted by atomic mass is 28.4. The number of ether oxygens (including phenoxy) is 1. The summed E-state index contributed by atoms with van der Waals surface area (Å²) in [6, 6.07) is -0.0669. The third kappa shape index (κ3) is 6.08. The van der Waals surface area contributed by atoms with Crippen LogP contribution in [0, 0.1) is 5.92 Å². The van der Waals surface area contributed by atoms with E-state index in [-0.39, 0.29) is 23.3 Å². The summed E-state index contributed by atoms with van der Waals surface area (Å²) in [5.41, 5.74) is -0.492. The molecule has 1 saturated heterocycles. The molecule has 0 radical (unpaired) electrons. The highest BCUT2D eigenvalue weighted by molar-refractivity contribution is 6.74. The van der Waals surface area contributed by atoms with E-state index in [1.165, 1.54) is 0 Å². The van der Waals surface area contributed by atoms with E-state index < -0.39 is 13.9 Å². The molecule has 1 amide bonds. The Morgan fingerprint density at radius 1 is 1.13 bits per heavy atom. The molecule has 1 heterocycles. The van der Waals surface area contributed by atoms with Crippen molar-refractivity contribution in [1.29, 1.82) is 0 Å². The predicted molar refractivity (Wildman–Crippen MR) is 97.3 cm³/mol. The molecule has 0 aromatic heterocycles. The van der Waals surface area contributed by atoms with Crippen LogP contribution in [0.2, 0.25) is 18.1 Å². The molecule has 0 unspecified atom stereocenters. The highest BCUT2D eigenvalue weighted by Gasteiger charge is 2.43. The van der Waals surface area contributed by atoms with Crippen molar-refractivity contribution in [2.75, 3.05) is 13.1 Å². The van der Waals surface area contributed by atoms with E-state index >= 15 is 0 Å². The van der Waals surface area contributed by atoms with Crippen LogP contribution in [0.15, 0.2) is 0 Å². The van der Waals surface area contributed by atoms with E-state index in [1.54, 1.807) is 0 Å². The number of rotatable bonds is 3. The van der Waals surface area contributed by atoms with Crippen LogP contribution < -0.4 is 10.6 Å². The van der Waals surface area contributed by atoms with Crippen molar-refractivity contribution in [1.82, 2.24) is 10.6 Å². The minimum atomic E-state index is -1.89. The van der Waals surface area contributed by atoms with Crippen LogP contribution in [0.4, 0.5) is 4.79 Å². The van der Waals surface area contributed by atoms with Crippen molar-refractivity contribution in [2.24, 2.45) is 5.92 Å². The Labute approximate surface area is 143 Å². The van der Waals surface area contributed by atoms with E-state index in [9.17, 15) is 4.79 Å². The van der Waals surface area contributed by atoms with Crippen LogP contribution in [0.5, 0.6) is 0 Å². The van der Waals surface area contributed by atoms with Gasteiger partial charge in [0.2, 0.25) is 0 Å². The van der Waals surface area contributed by atoms with Gasteiger partial charge in [-0.15, -0.1) is 0 Å². The third-order valence-electron chi connectivity index (χ3n) is 4.73. The van der Waals surface area contributed by atoms with Crippen molar-refractivity contribution in [3.8, 4) is 0 Å². The zero-order chi connectivity index (χ0) is 18.1. The minimum Gasteiger partial charge on any atom is -0.444 e. The van der Waals surface area contributed by atoms with Crippen LogP contribution in [0.1, 0.15) is 48.5 Å². The molecule has 0 aromatic carbocycles. The van der Waals surface area contributed by atoms with E-state index in [1.807, 2.05) is 20.8 Å². The van der Waals surface area contributed by atoms with Crippen molar-refractivity contribution >= 4 is 14.4 Å². The number of hydrogen-bond acceptors (Lipinski definition) is 4. The molecule has 0 spiro atoms. The summed E-state index contributed by atoms with van der Waals surface area (Å²) in [6.45, 7) is 20.6. The molecule has 1 aliphatic rings. The lowest BCUT2D eigenvalue weighted by Crippen LogP contribution is -2.61. The molecule has 0 saturated carbocycles. The van der Waals surface area contributed by atoms with E-state index in [0.29, 0.717) is 12.5 Å². The van der Waals surface area contributed by atoms with Crippen LogP contribution >= 0.6 is 0 Å². The number of hydrogen-bond donors (Lipinski definition) is 2. The number of alkyl carbamates (subject to hydrolysis) is 1. The van der Waals surface area contributed by atoms with E-state index in [4.69, 9.17) is 9.16 Å². The summed E-state index contributed by atoms with van der Waals surface area (Å²) in [5, 5.41) is 6.52. The second-order valence-electron chi connectivity index (χ2n) is 9.23. The maximum atomic E-state index is 12.1. The first-order chi connectivity index (χ1) is 10.2. The molecule has 2 N–H and O–H groups in total. The molecular formula is C17H36N2O3Si. The van der Waals surface area contributed by atoms with Gasteiger partial charge in [0.05, 0.1) is 12.1 Å². The minimum absolute atomic E-state index is 0.0182. The summed E-state index contributed by atoms with van der Waals surface area (Å²) >= 11 is 0. The number of nitrogens with one attached hydrogen (secondary N) is 2. The predicted octanol–water partition coefficient (Wildman–Crippen LogP) is 3.51.